The fourth-order valence-electron chi connectivity index (χ4n) is 3.09. The van der Waals surface area contributed by atoms with Crippen molar-refractivity contribution in [1.82, 2.24) is 15.2 Å². The Morgan fingerprint density at radius 2 is 1.82 bits per heavy atom. The molecule has 0 radical (unpaired) electrons. The number of alkyl halides is 3. The third-order valence-electron chi connectivity index (χ3n) is 4.61. The van der Waals surface area contributed by atoms with Gasteiger partial charge in [0.25, 0.3) is 0 Å². The monoisotopic (exact) mass is 459 g/mol. The Hall–Kier alpha value is -4.48. The number of hydrogen-bond acceptors (Lipinski definition) is 4. The van der Waals surface area contributed by atoms with Gasteiger partial charge in [-0.3, -0.25) is 5.10 Å². The molecule has 0 spiro atoms. The highest BCUT2D eigenvalue weighted by Crippen LogP contribution is 2.32. The van der Waals surface area contributed by atoms with Crippen LogP contribution in [0.15, 0.2) is 54.7 Å². The minimum absolute atomic E-state index is 0.0279. The zero-order chi connectivity index (χ0) is 23.8. The predicted octanol–water partition coefficient (Wildman–Crippen LogP) is 5.13. The maximum absolute atomic E-state index is 13.9. The number of rotatable bonds is 4. The van der Waals surface area contributed by atoms with Crippen LogP contribution in [0.25, 0.3) is 22.3 Å². The number of carboxylic acid groups (broad SMARTS) is 1. The van der Waals surface area contributed by atoms with Gasteiger partial charge in [0.1, 0.15) is 5.82 Å². The number of hydrogen-bond donors (Lipinski definition) is 4. The number of amides is 2. The average molecular weight is 459 g/mol. The number of anilines is 2. The molecule has 0 atom stereocenters. The van der Waals surface area contributed by atoms with Crippen molar-refractivity contribution in [2.24, 2.45) is 0 Å². The van der Waals surface area contributed by atoms with Crippen molar-refractivity contribution in [2.45, 2.75) is 6.18 Å². The zero-order valence-electron chi connectivity index (χ0n) is 16.4. The fraction of sp³-hybridized carbons (Fsp3) is 0.0476. The third kappa shape index (κ3) is 4.59. The Kier molecular flexibility index (Phi) is 5.42. The van der Waals surface area contributed by atoms with Crippen molar-refractivity contribution in [3.63, 3.8) is 0 Å². The first-order chi connectivity index (χ1) is 15.6. The van der Waals surface area contributed by atoms with Crippen LogP contribution >= 0.6 is 0 Å². The highest BCUT2D eigenvalue weighted by atomic mass is 19.4. The number of urea groups is 1. The van der Waals surface area contributed by atoms with Gasteiger partial charge in [0.2, 0.25) is 0 Å². The molecule has 2 heterocycles. The molecule has 2 aromatic heterocycles. The molecule has 4 N–H and O–H groups in total. The van der Waals surface area contributed by atoms with E-state index in [1.807, 2.05) is 5.32 Å². The van der Waals surface area contributed by atoms with Gasteiger partial charge in [-0.2, -0.15) is 18.3 Å². The van der Waals surface area contributed by atoms with Gasteiger partial charge in [0, 0.05) is 11.3 Å². The van der Waals surface area contributed by atoms with Gasteiger partial charge in [-0.15, -0.1) is 0 Å². The minimum Gasteiger partial charge on any atom is -0.478 e. The van der Waals surface area contributed by atoms with Crippen LogP contribution in [0.4, 0.5) is 33.7 Å². The van der Waals surface area contributed by atoms with Crippen molar-refractivity contribution in [2.75, 3.05) is 10.6 Å². The predicted molar refractivity (Wildman–Crippen MR) is 110 cm³/mol. The molecule has 4 rings (SSSR count). The van der Waals surface area contributed by atoms with E-state index in [0.29, 0.717) is 29.1 Å². The standard InChI is InChI=1S/C21H13F4N5O3/c22-15-5-4-11(21(23,24)25)7-17(15)29-20(33)27-12-3-1-2-10(6-12)16-8-13(19(31)32)14-9-26-30-18(14)28-16/h1-9H,(H,31,32)(H,26,28,30)(H2,27,29,33). The molecule has 2 amide bonds. The fourth-order valence-corrected chi connectivity index (χ4v) is 3.09. The van der Waals surface area contributed by atoms with Gasteiger partial charge in [0.15, 0.2) is 5.65 Å². The van der Waals surface area contributed by atoms with Gasteiger partial charge < -0.3 is 15.7 Å². The smallest absolute Gasteiger partial charge is 0.416 e. The number of carboxylic acids is 1. The molecule has 0 aliphatic rings. The highest BCUT2D eigenvalue weighted by molar-refractivity contribution is 6.03. The van der Waals surface area contributed by atoms with Gasteiger partial charge in [0.05, 0.1) is 34.1 Å². The molecule has 33 heavy (non-hydrogen) atoms. The number of carbonyl (C=O) groups excluding carboxylic acids is 1. The molecule has 0 aliphatic carbocycles. The normalized spacial score (nSPS) is 11.4. The van der Waals surface area contributed by atoms with Gasteiger partial charge >= 0.3 is 18.2 Å². The molecule has 8 nitrogen and oxygen atoms in total. The second-order valence-electron chi connectivity index (χ2n) is 6.84. The summed E-state index contributed by atoms with van der Waals surface area (Å²) >= 11 is 0. The summed E-state index contributed by atoms with van der Waals surface area (Å²) in [6.07, 6.45) is -3.36. The number of fused-ring (bicyclic) bond motifs is 1. The van der Waals surface area contributed by atoms with E-state index in [0.717, 1.165) is 0 Å². The molecule has 0 saturated carbocycles. The molecule has 0 bridgehead atoms. The van der Waals surface area contributed by atoms with Crippen LogP contribution in [-0.4, -0.2) is 32.3 Å². The number of aromatic amines is 1. The first-order valence-corrected chi connectivity index (χ1v) is 9.24. The lowest BCUT2D eigenvalue weighted by molar-refractivity contribution is -0.137. The van der Waals surface area contributed by atoms with E-state index in [9.17, 15) is 32.3 Å². The van der Waals surface area contributed by atoms with E-state index in [1.165, 1.54) is 24.4 Å². The lowest BCUT2D eigenvalue weighted by Crippen LogP contribution is -2.20. The maximum atomic E-state index is 13.9. The van der Waals surface area contributed by atoms with Crippen LogP contribution < -0.4 is 10.6 Å². The first-order valence-electron chi connectivity index (χ1n) is 9.24. The van der Waals surface area contributed by atoms with Crippen molar-refractivity contribution < 1.29 is 32.3 Å². The number of halogens is 4. The maximum Gasteiger partial charge on any atom is 0.416 e. The molecular formula is C21H13F4N5O3. The summed E-state index contributed by atoms with van der Waals surface area (Å²) in [5.41, 5.74) is -0.609. The zero-order valence-corrected chi connectivity index (χ0v) is 16.4. The Morgan fingerprint density at radius 3 is 2.55 bits per heavy atom. The van der Waals surface area contributed by atoms with Gasteiger partial charge in [-0.25, -0.2) is 19.0 Å². The molecule has 0 saturated heterocycles. The van der Waals surface area contributed by atoms with Crippen molar-refractivity contribution in [3.05, 3.63) is 71.7 Å². The number of aromatic carboxylic acids is 1. The van der Waals surface area contributed by atoms with Crippen molar-refractivity contribution in [3.8, 4) is 11.3 Å². The Labute approximate surface area is 182 Å². The summed E-state index contributed by atoms with van der Waals surface area (Å²) in [6.45, 7) is 0. The van der Waals surface area contributed by atoms with Crippen LogP contribution in [0.2, 0.25) is 0 Å². The molecule has 0 aliphatic heterocycles. The topological polar surface area (TPSA) is 120 Å². The number of nitrogens with one attached hydrogen (secondary N) is 3. The van der Waals surface area contributed by atoms with Crippen LogP contribution in [-0.2, 0) is 6.18 Å². The largest absolute Gasteiger partial charge is 0.478 e. The van der Waals surface area contributed by atoms with Gasteiger partial charge in [-0.1, -0.05) is 12.1 Å². The summed E-state index contributed by atoms with van der Waals surface area (Å²) in [5, 5.41) is 20.6. The lowest BCUT2D eigenvalue weighted by atomic mass is 10.1. The Bertz CT molecular complexity index is 1380. The molecule has 4 aromatic rings. The number of benzene rings is 2. The van der Waals surface area contributed by atoms with E-state index in [1.54, 1.807) is 12.1 Å². The number of aromatic nitrogens is 3. The first kappa shape index (κ1) is 21.7. The summed E-state index contributed by atoms with van der Waals surface area (Å²) in [6, 6.07) is 8.15. The van der Waals surface area contributed by atoms with E-state index in [2.05, 4.69) is 20.5 Å². The Morgan fingerprint density at radius 1 is 1.03 bits per heavy atom. The third-order valence-corrected chi connectivity index (χ3v) is 4.61. The van der Waals surface area contributed by atoms with Crippen LogP contribution in [0.5, 0.6) is 0 Å². The second-order valence-corrected chi connectivity index (χ2v) is 6.84. The molecule has 0 fully saturated rings. The second kappa shape index (κ2) is 8.22. The van der Waals surface area contributed by atoms with E-state index < -0.39 is 35.2 Å². The molecular weight excluding hydrogens is 446 g/mol. The van der Waals surface area contributed by atoms with Gasteiger partial charge in [-0.05, 0) is 36.4 Å². The summed E-state index contributed by atoms with van der Waals surface area (Å²) in [7, 11) is 0. The molecule has 2 aromatic carbocycles. The van der Waals surface area contributed by atoms with Crippen LogP contribution in [0.1, 0.15) is 15.9 Å². The Balaban J connectivity index is 1.58. The quantitative estimate of drug-likeness (QED) is 0.316. The van der Waals surface area contributed by atoms with E-state index in [-0.39, 0.29) is 22.6 Å². The minimum atomic E-state index is -4.70. The summed E-state index contributed by atoms with van der Waals surface area (Å²) in [4.78, 5) is 28.1. The molecule has 0 unspecified atom stereocenters. The SMILES string of the molecule is O=C(Nc1cccc(-c2cc(C(=O)O)c3cn[nH]c3n2)c1)Nc1cc(C(F)(F)F)ccc1F. The van der Waals surface area contributed by atoms with Crippen LogP contribution in [0.3, 0.4) is 0 Å². The van der Waals surface area contributed by atoms with Crippen molar-refractivity contribution >= 4 is 34.4 Å². The summed E-state index contributed by atoms with van der Waals surface area (Å²) in [5.74, 6) is -2.22. The molecule has 12 heteroatoms. The average Bonchev–Trinajstić information content (AvgIpc) is 3.22. The number of carbonyl (C=O) groups is 2. The number of H-pyrrole nitrogens is 1. The molecule has 168 valence electrons. The van der Waals surface area contributed by atoms with Crippen LogP contribution in [0, 0.1) is 5.82 Å². The van der Waals surface area contributed by atoms with E-state index >= 15 is 0 Å². The van der Waals surface area contributed by atoms with E-state index in [4.69, 9.17) is 0 Å². The number of nitrogens with zero attached hydrogens (tertiary/aromatic N) is 2. The number of pyridine rings is 1. The van der Waals surface area contributed by atoms with Crippen molar-refractivity contribution in [1.29, 1.82) is 0 Å². The lowest BCUT2D eigenvalue weighted by Gasteiger charge is -2.12. The highest BCUT2D eigenvalue weighted by Gasteiger charge is 2.31. The summed E-state index contributed by atoms with van der Waals surface area (Å²) < 4.78 is 52.4.